The average Bonchev–Trinajstić information content (AvgIpc) is 2.26. The molecule has 0 saturated carbocycles. The van der Waals surface area contributed by atoms with Crippen molar-refractivity contribution in [3.63, 3.8) is 0 Å². The van der Waals surface area contributed by atoms with E-state index in [1.54, 1.807) is 20.8 Å². The van der Waals surface area contributed by atoms with Gasteiger partial charge in [0.15, 0.2) is 0 Å². The lowest BCUT2D eigenvalue weighted by Gasteiger charge is -2.18. The predicted octanol–water partition coefficient (Wildman–Crippen LogP) is 2.01. The fourth-order valence-corrected chi connectivity index (χ4v) is 1.18. The summed E-state index contributed by atoms with van der Waals surface area (Å²) in [6, 6.07) is 2.53. The van der Waals surface area contributed by atoms with Crippen molar-refractivity contribution in [2.45, 2.75) is 32.8 Å². The van der Waals surface area contributed by atoms with Crippen LogP contribution < -0.4 is 0 Å². The summed E-state index contributed by atoms with van der Waals surface area (Å²) in [6.45, 7) is 4.91. The van der Waals surface area contributed by atoms with Crippen molar-refractivity contribution in [2.75, 3.05) is 0 Å². The summed E-state index contributed by atoms with van der Waals surface area (Å²) in [5.74, 6) is -0.847. The normalized spacial score (nSPS) is 10.8. The molecule has 0 fully saturated rings. The standard InChI is InChI=1S/C12H14N2O6/c1-12(2,3)20-11(16)19-10(15)6-8-4-5-9(7-13-8)14(17)18/h4-5,7H,6H2,1-3H3. The van der Waals surface area contributed by atoms with Gasteiger partial charge in [0.05, 0.1) is 17.0 Å². The van der Waals surface area contributed by atoms with Gasteiger partial charge in [0, 0.05) is 6.07 Å². The third kappa shape index (κ3) is 5.42. The molecule has 1 aromatic rings. The Bertz CT molecular complexity index is 518. The molecule has 0 radical (unpaired) electrons. The van der Waals surface area contributed by atoms with Crippen molar-refractivity contribution >= 4 is 17.8 Å². The number of esters is 1. The van der Waals surface area contributed by atoms with Crippen LogP contribution in [0.2, 0.25) is 0 Å². The van der Waals surface area contributed by atoms with Gasteiger partial charge in [-0.3, -0.25) is 19.9 Å². The van der Waals surface area contributed by atoms with E-state index in [-0.39, 0.29) is 17.8 Å². The van der Waals surface area contributed by atoms with Crippen LogP contribution >= 0.6 is 0 Å². The highest BCUT2D eigenvalue weighted by molar-refractivity contribution is 5.83. The van der Waals surface area contributed by atoms with Crippen LogP contribution in [-0.4, -0.2) is 27.6 Å². The maximum Gasteiger partial charge on any atom is 0.516 e. The number of pyridine rings is 1. The van der Waals surface area contributed by atoms with Gasteiger partial charge >= 0.3 is 12.1 Å². The van der Waals surface area contributed by atoms with Gasteiger partial charge in [-0.15, -0.1) is 0 Å². The molecule has 0 spiro atoms. The van der Waals surface area contributed by atoms with Crippen molar-refractivity contribution in [2.24, 2.45) is 0 Å². The van der Waals surface area contributed by atoms with Crippen LogP contribution in [0.5, 0.6) is 0 Å². The molecule has 0 amide bonds. The largest absolute Gasteiger partial charge is 0.516 e. The van der Waals surface area contributed by atoms with Crippen molar-refractivity contribution < 1.29 is 24.0 Å². The predicted molar refractivity (Wildman–Crippen MR) is 66.9 cm³/mol. The second-order valence-electron chi connectivity index (χ2n) is 4.88. The summed E-state index contributed by atoms with van der Waals surface area (Å²) >= 11 is 0. The Balaban J connectivity index is 2.54. The molecule has 1 rings (SSSR count). The van der Waals surface area contributed by atoms with Crippen LogP contribution in [-0.2, 0) is 20.7 Å². The topological polar surface area (TPSA) is 109 Å². The first kappa shape index (κ1) is 15.5. The number of nitro groups is 1. The highest BCUT2D eigenvalue weighted by Gasteiger charge is 2.20. The fraction of sp³-hybridized carbons (Fsp3) is 0.417. The molecular weight excluding hydrogens is 268 g/mol. The first-order valence-electron chi connectivity index (χ1n) is 5.70. The smallest absolute Gasteiger partial charge is 0.428 e. The zero-order chi connectivity index (χ0) is 15.3. The first-order chi connectivity index (χ1) is 9.17. The van der Waals surface area contributed by atoms with Gasteiger partial charge in [-0.05, 0) is 26.8 Å². The molecule has 20 heavy (non-hydrogen) atoms. The SMILES string of the molecule is CC(C)(C)OC(=O)OC(=O)Cc1ccc([N+](=O)[O-])cn1. The minimum Gasteiger partial charge on any atom is -0.428 e. The number of ether oxygens (including phenoxy) is 2. The van der Waals surface area contributed by atoms with E-state index in [2.05, 4.69) is 9.72 Å². The Morgan fingerprint density at radius 2 is 2.00 bits per heavy atom. The van der Waals surface area contributed by atoms with Crippen LogP contribution in [0.25, 0.3) is 0 Å². The Morgan fingerprint density at radius 3 is 2.45 bits per heavy atom. The summed E-state index contributed by atoms with van der Waals surface area (Å²) in [5.41, 5.74) is -0.693. The molecule has 0 N–H and O–H groups in total. The first-order valence-corrected chi connectivity index (χ1v) is 5.70. The van der Waals surface area contributed by atoms with Crippen LogP contribution in [0.1, 0.15) is 26.5 Å². The van der Waals surface area contributed by atoms with Crippen LogP contribution in [0.3, 0.4) is 0 Å². The van der Waals surface area contributed by atoms with Crippen molar-refractivity contribution in [3.8, 4) is 0 Å². The maximum absolute atomic E-state index is 11.4. The number of aromatic nitrogens is 1. The Morgan fingerprint density at radius 1 is 1.35 bits per heavy atom. The van der Waals surface area contributed by atoms with Crippen LogP contribution in [0, 0.1) is 10.1 Å². The Kier molecular flexibility index (Phi) is 4.73. The minimum atomic E-state index is -1.09. The number of hydrogen-bond acceptors (Lipinski definition) is 7. The zero-order valence-corrected chi connectivity index (χ0v) is 11.3. The molecular formula is C12H14N2O6. The van der Waals surface area contributed by atoms with Gasteiger partial charge in [0.1, 0.15) is 11.8 Å². The average molecular weight is 282 g/mol. The summed E-state index contributed by atoms with van der Waals surface area (Å²) in [6.07, 6.45) is -0.350. The second-order valence-corrected chi connectivity index (χ2v) is 4.88. The Hall–Kier alpha value is -2.51. The minimum absolute atomic E-state index is 0.186. The summed E-state index contributed by atoms with van der Waals surface area (Å²) in [4.78, 5) is 36.2. The van der Waals surface area contributed by atoms with E-state index in [1.807, 2.05) is 0 Å². The number of nitrogens with zero attached hydrogens (tertiary/aromatic N) is 2. The molecule has 0 aromatic carbocycles. The summed E-state index contributed by atoms with van der Waals surface area (Å²) < 4.78 is 9.24. The summed E-state index contributed by atoms with van der Waals surface area (Å²) in [7, 11) is 0. The van der Waals surface area contributed by atoms with E-state index in [1.165, 1.54) is 12.1 Å². The van der Waals surface area contributed by atoms with Crippen molar-refractivity contribution in [3.05, 3.63) is 34.1 Å². The molecule has 108 valence electrons. The molecule has 1 heterocycles. The van der Waals surface area contributed by atoms with Gasteiger partial charge in [0.2, 0.25) is 0 Å². The monoisotopic (exact) mass is 282 g/mol. The zero-order valence-electron chi connectivity index (χ0n) is 11.3. The lowest BCUT2D eigenvalue weighted by atomic mass is 10.2. The second kappa shape index (κ2) is 6.09. The van der Waals surface area contributed by atoms with Gasteiger partial charge in [-0.1, -0.05) is 0 Å². The Labute approximate surface area is 114 Å². The molecule has 0 bridgehead atoms. The summed E-state index contributed by atoms with van der Waals surface area (Å²) in [5, 5.41) is 10.4. The highest BCUT2D eigenvalue weighted by Crippen LogP contribution is 2.11. The number of rotatable bonds is 3. The van der Waals surface area contributed by atoms with Gasteiger partial charge in [-0.25, -0.2) is 4.79 Å². The molecule has 1 aromatic heterocycles. The molecule has 0 unspecified atom stereocenters. The molecule has 8 heteroatoms. The van der Waals surface area contributed by atoms with Crippen LogP contribution in [0.4, 0.5) is 10.5 Å². The highest BCUT2D eigenvalue weighted by atomic mass is 16.7. The third-order valence-electron chi connectivity index (χ3n) is 1.93. The van der Waals surface area contributed by atoms with E-state index in [0.717, 1.165) is 6.20 Å². The van der Waals surface area contributed by atoms with E-state index in [0.29, 0.717) is 0 Å². The van der Waals surface area contributed by atoms with E-state index < -0.39 is 22.6 Å². The number of carbonyl (C=O) groups excluding carboxylic acids is 2. The number of hydrogen-bond donors (Lipinski definition) is 0. The van der Waals surface area contributed by atoms with Gasteiger partial charge < -0.3 is 9.47 Å². The van der Waals surface area contributed by atoms with Crippen molar-refractivity contribution in [1.29, 1.82) is 0 Å². The molecule has 0 aliphatic heterocycles. The van der Waals surface area contributed by atoms with E-state index in [9.17, 15) is 19.7 Å². The lowest BCUT2D eigenvalue weighted by Crippen LogP contribution is -2.26. The lowest BCUT2D eigenvalue weighted by molar-refractivity contribution is -0.385. The van der Waals surface area contributed by atoms with Gasteiger partial charge in [-0.2, -0.15) is 0 Å². The van der Waals surface area contributed by atoms with E-state index in [4.69, 9.17) is 4.74 Å². The quantitative estimate of drug-likeness (QED) is 0.361. The van der Waals surface area contributed by atoms with Gasteiger partial charge in [0.25, 0.3) is 5.69 Å². The van der Waals surface area contributed by atoms with Crippen LogP contribution in [0.15, 0.2) is 18.3 Å². The van der Waals surface area contributed by atoms with Crippen molar-refractivity contribution in [1.82, 2.24) is 4.98 Å². The molecule has 0 aliphatic carbocycles. The molecule has 8 nitrogen and oxygen atoms in total. The molecule has 0 aliphatic rings. The fourth-order valence-electron chi connectivity index (χ4n) is 1.18. The maximum atomic E-state index is 11.4. The molecule has 0 atom stereocenters. The number of carbonyl (C=O) groups is 2. The third-order valence-corrected chi connectivity index (χ3v) is 1.93. The molecule has 0 saturated heterocycles. The van der Waals surface area contributed by atoms with E-state index >= 15 is 0 Å².